The fraction of sp³-hybridized carbons (Fsp3) is 0.235. The standard InChI is InChI=1S/C17H15N5O4/c18-6-12-7-19-15(5-14(12)25)21-17(26)22-3-1-2-10-4-11(8-23)13(9-24)20-16(10)22/h4-5,7,9,23H,1-3,8H2,(H2,19,21,25,26). The number of aryl methyl sites for hydroxylation is 1. The third kappa shape index (κ3) is 3.18. The first-order chi connectivity index (χ1) is 12.6. The molecule has 9 nitrogen and oxygen atoms in total. The number of amides is 2. The number of rotatable bonds is 3. The Hall–Kier alpha value is -3.51. The van der Waals surface area contributed by atoms with Crippen molar-refractivity contribution in [1.82, 2.24) is 9.97 Å². The summed E-state index contributed by atoms with van der Waals surface area (Å²) in [4.78, 5) is 43.7. The van der Waals surface area contributed by atoms with E-state index < -0.39 is 11.5 Å². The number of carbonyl (C=O) groups is 2. The van der Waals surface area contributed by atoms with Crippen LogP contribution in [0.2, 0.25) is 0 Å². The van der Waals surface area contributed by atoms with E-state index in [9.17, 15) is 19.5 Å². The van der Waals surface area contributed by atoms with Crippen LogP contribution in [-0.2, 0) is 13.0 Å². The molecular formula is C17H15N5O4. The van der Waals surface area contributed by atoms with Crippen LogP contribution in [0.1, 0.15) is 33.6 Å². The fourth-order valence-corrected chi connectivity index (χ4v) is 2.80. The van der Waals surface area contributed by atoms with E-state index in [-0.39, 0.29) is 23.7 Å². The molecule has 132 valence electrons. The smallest absolute Gasteiger partial charge is 0.328 e. The topological polar surface area (TPSA) is 139 Å². The first kappa shape index (κ1) is 17.3. The van der Waals surface area contributed by atoms with Crippen molar-refractivity contribution in [2.24, 2.45) is 0 Å². The van der Waals surface area contributed by atoms with Gasteiger partial charge in [0.25, 0.3) is 0 Å². The molecule has 26 heavy (non-hydrogen) atoms. The molecule has 3 heterocycles. The normalized spacial score (nSPS) is 12.8. The zero-order valence-electron chi connectivity index (χ0n) is 13.7. The Morgan fingerprint density at radius 3 is 2.96 bits per heavy atom. The molecule has 2 amide bonds. The second kappa shape index (κ2) is 7.16. The van der Waals surface area contributed by atoms with Gasteiger partial charge < -0.3 is 10.1 Å². The molecule has 3 N–H and O–H groups in total. The molecule has 0 saturated heterocycles. The maximum Gasteiger partial charge on any atom is 0.328 e. The summed E-state index contributed by atoms with van der Waals surface area (Å²) in [6, 6.07) is 4.03. The maximum absolute atomic E-state index is 12.6. The predicted molar refractivity (Wildman–Crippen MR) is 92.0 cm³/mol. The number of hydrogen-bond donors (Lipinski definition) is 3. The number of hydrogen-bond acceptors (Lipinski definition) is 6. The van der Waals surface area contributed by atoms with Gasteiger partial charge in [-0.05, 0) is 24.5 Å². The number of nitriles is 1. The number of urea groups is 1. The quantitative estimate of drug-likeness (QED) is 0.702. The third-order valence-electron chi connectivity index (χ3n) is 4.08. The lowest BCUT2D eigenvalue weighted by molar-refractivity contribution is 0.111. The summed E-state index contributed by atoms with van der Waals surface area (Å²) in [5, 5.41) is 20.7. The van der Waals surface area contributed by atoms with Crippen LogP contribution in [0, 0.1) is 11.3 Å². The fourth-order valence-electron chi connectivity index (χ4n) is 2.80. The van der Waals surface area contributed by atoms with Crippen LogP contribution in [0.4, 0.5) is 16.4 Å². The van der Waals surface area contributed by atoms with Crippen molar-refractivity contribution in [2.45, 2.75) is 19.4 Å². The molecule has 2 aromatic heterocycles. The van der Waals surface area contributed by atoms with Crippen LogP contribution in [0.25, 0.3) is 0 Å². The molecule has 0 spiro atoms. The molecule has 0 radical (unpaired) electrons. The van der Waals surface area contributed by atoms with Gasteiger partial charge in [0.1, 0.15) is 29.0 Å². The van der Waals surface area contributed by atoms with Crippen molar-refractivity contribution in [2.75, 3.05) is 16.8 Å². The molecule has 2 aromatic rings. The molecule has 1 aliphatic heterocycles. The number of pyridine rings is 2. The summed E-state index contributed by atoms with van der Waals surface area (Å²) in [5.74, 6) is 0.498. The Kier molecular flexibility index (Phi) is 4.77. The van der Waals surface area contributed by atoms with Gasteiger partial charge in [0.15, 0.2) is 6.29 Å². The molecule has 0 fully saturated rings. The Morgan fingerprint density at radius 1 is 1.50 bits per heavy atom. The molecule has 0 aromatic carbocycles. The summed E-state index contributed by atoms with van der Waals surface area (Å²) < 4.78 is 0. The lowest BCUT2D eigenvalue weighted by Crippen LogP contribution is -2.40. The second-order valence-corrected chi connectivity index (χ2v) is 5.71. The number of nitrogens with one attached hydrogen (secondary N) is 2. The largest absolute Gasteiger partial charge is 0.392 e. The molecule has 0 atom stereocenters. The summed E-state index contributed by atoms with van der Waals surface area (Å²) in [5.41, 5.74) is 0.694. The van der Waals surface area contributed by atoms with Gasteiger partial charge in [-0.3, -0.25) is 19.8 Å². The molecule has 0 aliphatic carbocycles. The van der Waals surface area contributed by atoms with Gasteiger partial charge in [0.2, 0.25) is 5.43 Å². The van der Waals surface area contributed by atoms with Crippen molar-refractivity contribution in [3.05, 3.63) is 50.9 Å². The van der Waals surface area contributed by atoms with E-state index >= 15 is 0 Å². The molecule has 9 heteroatoms. The Balaban J connectivity index is 1.90. The molecule has 0 saturated carbocycles. The number of anilines is 2. The number of aliphatic hydroxyl groups is 1. The molecule has 1 aliphatic rings. The minimum atomic E-state index is -0.521. The first-order valence-electron chi connectivity index (χ1n) is 7.87. The number of nitrogens with zero attached hydrogens (tertiary/aromatic N) is 3. The number of aliphatic hydroxyl groups excluding tert-OH is 1. The minimum Gasteiger partial charge on any atom is -0.392 e. The number of aldehydes is 1. The van der Waals surface area contributed by atoms with Gasteiger partial charge in [-0.15, -0.1) is 0 Å². The van der Waals surface area contributed by atoms with Crippen LogP contribution in [0.15, 0.2) is 23.1 Å². The molecule has 0 unspecified atom stereocenters. The van der Waals surface area contributed by atoms with Crippen LogP contribution in [0.3, 0.4) is 0 Å². The number of aromatic nitrogens is 2. The van der Waals surface area contributed by atoms with Crippen LogP contribution in [-0.4, -0.2) is 33.9 Å². The second-order valence-electron chi connectivity index (χ2n) is 5.71. The number of fused-ring (bicyclic) bond motifs is 1. The van der Waals surface area contributed by atoms with E-state index in [1.54, 1.807) is 12.1 Å². The van der Waals surface area contributed by atoms with Crippen molar-refractivity contribution in [1.29, 1.82) is 5.26 Å². The van der Waals surface area contributed by atoms with E-state index in [2.05, 4.69) is 15.3 Å². The summed E-state index contributed by atoms with van der Waals surface area (Å²) in [6.07, 6.45) is 3.12. The highest BCUT2D eigenvalue weighted by atomic mass is 16.3. The van der Waals surface area contributed by atoms with Gasteiger partial charge in [-0.25, -0.2) is 9.78 Å². The SMILES string of the molecule is N#Cc1c[nH]c(NC(=O)N2CCCc3cc(CO)c(C=O)nc32)cc1=O. The van der Waals surface area contributed by atoms with Crippen LogP contribution >= 0.6 is 0 Å². The highest BCUT2D eigenvalue weighted by molar-refractivity contribution is 6.01. The van der Waals surface area contributed by atoms with E-state index in [4.69, 9.17) is 5.26 Å². The Labute approximate surface area is 147 Å². The number of H-pyrrole nitrogens is 1. The van der Waals surface area contributed by atoms with E-state index in [0.29, 0.717) is 37.1 Å². The summed E-state index contributed by atoms with van der Waals surface area (Å²) >= 11 is 0. The lowest BCUT2D eigenvalue weighted by Gasteiger charge is -2.29. The van der Waals surface area contributed by atoms with Gasteiger partial charge in [-0.2, -0.15) is 5.26 Å². The van der Waals surface area contributed by atoms with Crippen molar-refractivity contribution in [3.63, 3.8) is 0 Å². The predicted octanol–water partition coefficient (Wildman–Crippen LogP) is 0.931. The third-order valence-corrected chi connectivity index (χ3v) is 4.08. The van der Waals surface area contributed by atoms with E-state index in [1.807, 2.05) is 0 Å². The van der Waals surface area contributed by atoms with Crippen LogP contribution in [0.5, 0.6) is 0 Å². The average Bonchev–Trinajstić information content (AvgIpc) is 2.66. The Bertz CT molecular complexity index is 976. The number of carbonyl (C=O) groups excluding carboxylic acids is 2. The van der Waals surface area contributed by atoms with E-state index in [0.717, 1.165) is 11.6 Å². The van der Waals surface area contributed by atoms with Crippen molar-refractivity contribution < 1.29 is 14.7 Å². The first-order valence-corrected chi connectivity index (χ1v) is 7.87. The highest BCUT2D eigenvalue weighted by Gasteiger charge is 2.26. The molecule has 3 rings (SSSR count). The van der Waals surface area contributed by atoms with Gasteiger partial charge in [-0.1, -0.05) is 0 Å². The zero-order chi connectivity index (χ0) is 18.7. The maximum atomic E-state index is 12.6. The Morgan fingerprint density at radius 2 is 2.31 bits per heavy atom. The summed E-state index contributed by atoms with van der Waals surface area (Å²) in [7, 11) is 0. The lowest BCUT2D eigenvalue weighted by atomic mass is 10.0. The van der Waals surface area contributed by atoms with E-state index in [1.165, 1.54) is 11.1 Å². The van der Waals surface area contributed by atoms with Gasteiger partial charge in [0.05, 0.1) is 6.61 Å². The highest BCUT2D eigenvalue weighted by Crippen LogP contribution is 2.27. The van der Waals surface area contributed by atoms with Gasteiger partial charge >= 0.3 is 6.03 Å². The summed E-state index contributed by atoms with van der Waals surface area (Å²) in [6.45, 7) is 0.0795. The van der Waals surface area contributed by atoms with Crippen LogP contribution < -0.4 is 15.6 Å². The van der Waals surface area contributed by atoms with Crippen molar-refractivity contribution >= 4 is 24.0 Å². The average molecular weight is 353 g/mol. The monoisotopic (exact) mass is 353 g/mol. The minimum absolute atomic E-state index is 0.0554. The van der Waals surface area contributed by atoms with Gasteiger partial charge in [0, 0.05) is 24.4 Å². The number of aromatic amines is 1. The van der Waals surface area contributed by atoms with Crippen molar-refractivity contribution in [3.8, 4) is 6.07 Å². The zero-order valence-corrected chi connectivity index (χ0v) is 13.7. The molecular weight excluding hydrogens is 338 g/mol. The molecule has 0 bridgehead atoms.